The number of hydrogen-bond acceptors (Lipinski definition) is 20. The third-order valence-electron chi connectivity index (χ3n) is 15.6. The highest BCUT2D eigenvalue weighted by atomic mass is 16.8. The molecule has 7 aromatic carbocycles. The van der Waals surface area contributed by atoms with Crippen molar-refractivity contribution in [3.63, 3.8) is 0 Å². The Hall–Kier alpha value is -7.61. The van der Waals surface area contributed by atoms with Gasteiger partial charge >= 0.3 is 17.9 Å². The molecule has 4 heterocycles. The van der Waals surface area contributed by atoms with Crippen molar-refractivity contribution in [2.45, 2.75) is 125 Å². The van der Waals surface area contributed by atoms with Crippen LogP contribution in [-0.2, 0) is 97.5 Å². The Balaban J connectivity index is 0.892. The van der Waals surface area contributed by atoms with Crippen molar-refractivity contribution in [1.82, 2.24) is 0 Å². The normalized spacial score (nSPS) is 27.9. The van der Waals surface area contributed by atoms with E-state index in [2.05, 4.69) is 0 Å². The lowest BCUT2D eigenvalue weighted by Crippen LogP contribution is -2.47. The number of esters is 3. The molecule has 0 amide bonds. The lowest BCUT2D eigenvalue weighted by Gasteiger charge is -2.29. The molecule has 4 aliphatic rings. The maximum absolute atomic E-state index is 14.4. The van der Waals surface area contributed by atoms with Crippen LogP contribution < -0.4 is 0 Å². The Labute approximate surface area is 521 Å². The number of carbonyl (C=O) groups is 3. The van der Waals surface area contributed by atoms with E-state index in [9.17, 15) is 24.6 Å². The van der Waals surface area contributed by atoms with Crippen LogP contribution in [-0.4, -0.2) is 160 Å². The van der Waals surface area contributed by atoms with Crippen LogP contribution in [0.5, 0.6) is 0 Å². The molecule has 0 saturated carbocycles. The van der Waals surface area contributed by atoms with Crippen molar-refractivity contribution in [2.24, 2.45) is 0 Å². The van der Waals surface area contributed by atoms with Crippen LogP contribution in [0.15, 0.2) is 212 Å². The largest absolute Gasteiger partial charge is 0.452 e. The number of rotatable bonds is 29. The summed E-state index contributed by atoms with van der Waals surface area (Å²) in [7, 11) is 1.35. The molecule has 472 valence electrons. The highest BCUT2D eigenvalue weighted by Gasteiger charge is 2.57. The summed E-state index contributed by atoms with van der Waals surface area (Å²) in [5, 5.41) is 24.4. The summed E-state index contributed by atoms with van der Waals surface area (Å²) in [6, 6.07) is 62.8. The highest BCUT2D eigenvalue weighted by Crippen LogP contribution is 2.37. The molecule has 16 atom stereocenters. The summed E-state index contributed by atoms with van der Waals surface area (Å²) in [6.07, 6.45) is -20.2. The molecule has 20 heteroatoms. The Morgan fingerprint density at radius 3 is 1.07 bits per heavy atom. The fraction of sp³-hybridized carbons (Fsp3) is 0.357. The monoisotopic (exact) mass is 1230 g/mol. The molecule has 11 rings (SSSR count). The van der Waals surface area contributed by atoms with E-state index in [0.717, 1.165) is 22.3 Å². The smallest absolute Gasteiger partial charge is 0.338 e. The van der Waals surface area contributed by atoms with Crippen molar-refractivity contribution >= 4 is 17.9 Å². The Bertz CT molecular complexity index is 3280. The second-order valence-electron chi connectivity index (χ2n) is 21.9. The first-order valence-electron chi connectivity index (χ1n) is 29.9. The number of methoxy groups -OCH3 is 1. The molecule has 0 unspecified atom stereocenters. The molecular weight excluding hydrogens is 1160 g/mol. The van der Waals surface area contributed by atoms with E-state index >= 15 is 0 Å². The minimum atomic E-state index is -1.55. The summed E-state index contributed by atoms with van der Waals surface area (Å²) < 4.78 is 95.5. The van der Waals surface area contributed by atoms with Gasteiger partial charge in [-0.15, -0.1) is 0 Å². The molecule has 0 spiro atoms. The van der Waals surface area contributed by atoms with Crippen molar-refractivity contribution in [3.8, 4) is 0 Å². The van der Waals surface area contributed by atoms with Crippen LogP contribution >= 0.6 is 0 Å². The molecule has 4 fully saturated rings. The summed E-state index contributed by atoms with van der Waals surface area (Å²) in [4.78, 5) is 42.1. The second kappa shape index (κ2) is 31.9. The van der Waals surface area contributed by atoms with Gasteiger partial charge in [0.25, 0.3) is 0 Å². The second-order valence-corrected chi connectivity index (χ2v) is 21.9. The summed E-state index contributed by atoms with van der Waals surface area (Å²) in [6.45, 7) is -0.173. The van der Waals surface area contributed by atoms with Gasteiger partial charge in [-0.05, 0) is 58.7 Å². The molecule has 0 radical (unpaired) electrons. The van der Waals surface area contributed by atoms with E-state index in [-0.39, 0.29) is 56.3 Å². The van der Waals surface area contributed by atoms with Crippen molar-refractivity contribution in [3.05, 3.63) is 251 Å². The topological polar surface area (TPSA) is 230 Å². The van der Waals surface area contributed by atoms with Crippen LogP contribution in [0.4, 0.5) is 0 Å². The zero-order chi connectivity index (χ0) is 62.0. The third-order valence-corrected chi connectivity index (χ3v) is 15.6. The van der Waals surface area contributed by atoms with Crippen LogP contribution in [0.2, 0.25) is 0 Å². The quantitative estimate of drug-likeness (QED) is 0.0335. The zero-order valence-electron chi connectivity index (χ0n) is 49.3. The van der Waals surface area contributed by atoms with E-state index < -0.39 is 130 Å². The third kappa shape index (κ3) is 16.7. The van der Waals surface area contributed by atoms with Crippen LogP contribution in [0.25, 0.3) is 0 Å². The fourth-order valence-corrected chi connectivity index (χ4v) is 11.0. The van der Waals surface area contributed by atoms with Crippen LogP contribution in [0.1, 0.15) is 53.3 Å². The van der Waals surface area contributed by atoms with Crippen LogP contribution in [0, 0.1) is 0 Å². The van der Waals surface area contributed by atoms with Crippen molar-refractivity contribution in [1.29, 1.82) is 0 Å². The molecule has 0 aromatic heterocycles. The van der Waals surface area contributed by atoms with E-state index in [0.29, 0.717) is 0 Å². The molecule has 90 heavy (non-hydrogen) atoms. The van der Waals surface area contributed by atoms with Gasteiger partial charge in [-0.1, -0.05) is 176 Å². The number of aliphatic hydroxyl groups excluding tert-OH is 2. The van der Waals surface area contributed by atoms with Gasteiger partial charge in [-0.3, -0.25) is 0 Å². The van der Waals surface area contributed by atoms with Crippen molar-refractivity contribution < 1.29 is 95.6 Å². The standard InChI is InChI=1S/C70H72O20/c1-76-69-62(88-65(74)50-33-19-7-20-34-50)60(87-64(73)49-31-17-6-18-32-49)54(85-69)44-82-70-63(89-66(75)51-35-21-8-22-36-51)61(90-68-57(72)59(80-40-48-29-15-5-16-30-48)53(84-68)42-78-38-46-25-11-3-12-26-46)55(86-70)43-81-67-56(71)58(79-39-47-27-13-4-14-28-47)52(83-67)41-77-37-45-23-9-2-10-24-45/h2-36,52-63,67-72H,37-44H2,1H3/t52-,53-,54-,55-,56+,57+,58-,59-,60-,61-,62+,63+,67+,68-,69+,70+/m1/s1. The molecule has 0 aliphatic carbocycles. The Kier molecular flexibility index (Phi) is 22.7. The van der Waals surface area contributed by atoms with Gasteiger partial charge in [0.05, 0.1) is 69.5 Å². The average molecular weight is 1230 g/mol. The maximum atomic E-state index is 14.4. The summed E-state index contributed by atoms with van der Waals surface area (Å²) in [5.41, 5.74) is 4.12. The van der Waals surface area contributed by atoms with Gasteiger partial charge in [0.2, 0.25) is 0 Å². The molecule has 4 saturated heterocycles. The first-order valence-corrected chi connectivity index (χ1v) is 29.9. The first-order chi connectivity index (χ1) is 44.1. The average Bonchev–Trinajstić information content (AvgIpc) is 1.85. The van der Waals surface area contributed by atoms with E-state index in [4.69, 9.17) is 71.1 Å². The predicted molar refractivity (Wildman–Crippen MR) is 320 cm³/mol. The predicted octanol–water partition coefficient (Wildman–Crippen LogP) is 7.95. The first kappa shape index (κ1) is 63.9. The van der Waals surface area contributed by atoms with Gasteiger partial charge in [-0.25, -0.2) is 14.4 Å². The molecular formula is C70H72O20. The number of carbonyl (C=O) groups excluding carboxylic acids is 3. The van der Waals surface area contributed by atoms with Gasteiger partial charge in [0.15, 0.2) is 43.5 Å². The van der Waals surface area contributed by atoms with Gasteiger partial charge < -0.3 is 81.3 Å². The number of ether oxygens (including phenoxy) is 15. The molecule has 0 bridgehead atoms. The molecule has 20 nitrogen and oxygen atoms in total. The lowest BCUT2D eigenvalue weighted by atomic mass is 10.1. The van der Waals surface area contributed by atoms with Gasteiger partial charge in [0.1, 0.15) is 54.9 Å². The summed E-state index contributed by atoms with van der Waals surface area (Å²) in [5.74, 6) is -2.31. The van der Waals surface area contributed by atoms with Crippen LogP contribution in [0.3, 0.4) is 0 Å². The lowest BCUT2D eigenvalue weighted by molar-refractivity contribution is -0.229. The fourth-order valence-electron chi connectivity index (χ4n) is 11.0. The van der Waals surface area contributed by atoms with E-state index in [1.54, 1.807) is 91.0 Å². The number of benzene rings is 7. The maximum Gasteiger partial charge on any atom is 0.338 e. The SMILES string of the molecule is CO[C@H]1O[C@H](CO[C@H]2O[C@H](CO[C@H]3O[C@H](COCc4ccccc4)[C@@H](OCc4ccccc4)[C@@H]3O)[C@@H](O[C@H]3O[C@H](COCc4ccccc4)[C@@H](OCc4ccccc4)[C@@H]3O)[C@@H]2OC(=O)c2ccccc2)[C@@H](OC(=O)c2ccccc2)[C@@H]1OC(=O)c1ccccc1. The molecule has 7 aromatic rings. The van der Waals surface area contributed by atoms with E-state index in [1.807, 2.05) is 121 Å². The van der Waals surface area contributed by atoms with E-state index in [1.165, 1.54) is 7.11 Å². The highest BCUT2D eigenvalue weighted by molar-refractivity contribution is 5.91. The molecule has 2 N–H and O–H groups in total. The minimum Gasteiger partial charge on any atom is -0.452 e. The number of aliphatic hydroxyl groups is 2. The van der Waals surface area contributed by atoms with Gasteiger partial charge in [0, 0.05) is 7.11 Å². The summed E-state index contributed by atoms with van der Waals surface area (Å²) >= 11 is 0. The van der Waals surface area contributed by atoms with Crippen molar-refractivity contribution in [2.75, 3.05) is 33.5 Å². The molecule has 4 aliphatic heterocycles. The Morgan fingerprint density at radius 2 is 0.644 bits per heavy atom. The zero-order valence-corrected chi connectivity index (χ0v) is 49.3. The number of hydrogen-bond donors (Lipinski definition) is 2. The van der Waals surface area contributed by atoms with Gasteiger partial charge in [-0.2, -0.15) is 0 Å². The Morgan fingerprint density at radius 1 is 0.333 bits per heavy atom. The minimum absolute atomic E-state index is 0.0200.